The van der Waals surface area contributed by atoms with Crippen molar-refractivity contribution >= 4 is 92.7 Å². The van der Waals surface area contributed by atoms with Crippen LogP contribution in [0, 0.1) is 0 Å². The minimum Gasteiger partial charge on any atom is -0.0843 e. The van der Waals surface area contributed by atoms with Crippen LogP contribution >= 0.6 is 69.6 Å². The molecule has 0 aliphatic heterocycles. The van der Waals surface area contributed by atoms with Gasteiger partial charge >= 0.3 is 0 Å². The first-order valence-electron chi connectivity index (χ1n) is 10.1. The summed E-state index contributed by atoms with van der Waals surface area (Å²) in [5.41, 5.74) is 6.07. The SMILES string of the molecule is CCc1c(Cl)cc(Cl)cc1B(c1cc(Cl)cc(Cl)c1CC)c1cc(Cl)cc(Cl)c1CC. The summed E-state index contributed by atoms with van der Waals surface area (Å²) in [4.78, 5) is 0. The summed E-state index contributed by atoms with van der Waals surface area (Å²) in [7, 11) is 0. The van der Waals surface area contributed by atoms with Gasteiger partial charge in [-0.2, -0.15) is 0 Å². The van der Waals surface area contributed by atoms with E-state index in [1.807, 2.05) is 18.2 Å². The van der Waals surface area contributed by atoms with Gasteiger partial charge in [0, 0.05) is 30.1 Å². The molecule has 0 saturated heterocycles. The molecule has 0 bridgehead atoms. The summed E-state index contributed by atoms with van der Waals surface area (Å²) in [6.45, 7) is 6.00. The topological polar surface area (TPSA) is 0 Å². The first-order chi connectivity index (χ1) is 14.7. The Labute approximate surface area is 214 Å². The zero-order valence-electron chi connectivity index (χ0n) is 17.4. The Morgan fingerprint density at radius 2 is 0.742 bits per heavy atom. The van der Waals surface area contributed by atoms with Crippen LogP contribution in [0.4, 0.5) is 0 Å². The van der Waals surface area contributed by atoms with Crippen LogP contribution in [0.3, 0.4) is 0 Å². The Bertz CT molecular complexity index is 984. The Hall–Kier alpha value is -0.535. The van der Waals surface area contributed by atoms with Crippen molar-refractivity contribution in [2.45, 2.75) is 40.0 Å². The fraction of sp³-hybridized carbons (Fsp3) is 0.250. The first-order valence-corrected chi connectivity index (χ1v) is 12.4. The van der Waals surface area contributed by atoms with Crippen LogP contribution in [-0.2, 0) is 19.3 Å². The van der Waals surface area contributed by atoms with Crippen molar-refractivity contribution in [2.24, 2.45) is 0 Å². The third-order valence-corrected chi connectivity index (χ3v) is 7.24. The normalized spacial score (nSPS) is 11.1. The van der Waals surface area contributed by atoms with E-state index in [4.69, 9.17) is 69.6 Å². The summed E-state index contributed by atoms with van der Waals surface area (Å²) >= 11 is 39.4. The number of hydrogen-bond donors (Lipinski definition) is 0. The molecular weight excluding hydrogens is 512 g/mol. The lowest BCUT2D eigenvalue weighted by Crippen LogP contribution is -2.55. The lowest BCUT2D eigenvalue weighted by atomic mass is 9.34. The van der Waals surface area contributed by atoms with Gasteiger partial charge in [-0.25, -0.2) is 0 Å². The second-order valence-corrected chi connectivity index (χ2v) is 9.89. The van der Waals surface area contributed by atoms with Gasteiger partial charge in [0.15, 0.2) is 0 Å². The second-order valence-electron chi connectivity index (χ2n) is 7.36. The summed E-state index contributed by atoms with van der Waals surface area (Å²) in [6, 6.07) is 11.2. The number of hydrogen-bond acceptors (Lipinski definition) is 0. The molecule has 3 aromatic carbocycles. The van der Waals surface area contributed by atoms with E-state index >= 15 is 0 Å². The van der Waals surface area contributed by atoms with Crippen molar-refractivity contribution in [3.05, 3.63) is 83.2 Å². The molecule has 0 amide bonds. The monoisotopic (exact) mass is 530 g/mol. The van der Waals surface area contributed by atoms with Crippen LogP contribution in [0.25, 0.3) is 0 Å². The Morgan fingerprint density at radius 1 is 0.484 bits per heavy atom. The molecule has 0 unspecified atom stereocenters. The van der Waals surface area contributed by atoms with Crippen molar-refractivity contribution in [2.75, 3.05) is 0 Å². The van der Waals surface area contributed by atoms with Crippen molar-refractivity contribution in [1.29, 1.82) is 0 Å². The predicted octanol–water partition coefficient (Wildman–Crippen LogP) is 7.81. The lowest BCUT2D eigenvalue weighted by Gasteiger charge is -2.25. The summed E-state index contributed by atoms with van der Waals surface area (Å²) in [5.74, 6) is 0. The van der Waals surface area contributed by atoms with Gasteiger partial charge in [0.1, 0.15) is 0 Å². The third kappa shape index (κ3) is 5.19. The zero-order valence-corrected chi connectivity index (χ0v) is 22.0. The molecule has 0 atom stereocenters. The van der Waals surface area contributed by atoms with Gasteiger partial charge < -0.3 is 0 Å². The van der Waals surface area contributed by atoms with E-state index in [0.717, 1.165) is 52.3 Å². The molecule has 0 aliphatic carbocycles. The van der Waals surface area contributed by atoms with Crippen molar-refractivity contribution < 1.29 is 0 Å². The molecule has 0 radical (unpaired) electrons. The van der Waals surface area contributed by atoms with Crippen LogP contribution in [-0.4, -0.2) is 6.71 Å². The minimum absolute atomic E-state index is 0.233. The van der Waals surface area contributed by atoms with Crippen molar-refractivity contribution in [3.8, 4) is 0 Å². The van der Waals surface area contributed by atoms with Crippen LogP contribution < -0.4 is 16.4 Å². The molecule has 0 saturated carbocycles. The molecule has 162 valence electrons. The minimum atomic E-state index is -0.233. The molecule has 0 N–H and O–H groups in total. The molecule has 0 aliphatic rings. The van der Waals surface area contributed by atoms with E-state index in [-0.39, 0.29) is 6.71 Å². The van der Waals surface area contributed by atoms with Crippen LogP contribution in [0.15, 0.2) is 36.4 Å². The highest BCUT2D eigenvalue weighted by molar-refractivity contribution is 6.97. The second kappa shape index (κ2) is 10.6. The van der Waals surface area contributed by atoms with E-state index in [0.29, 0.717) is 30.1 Å². The van der Waals surface area contributed by atoms with Gasteiger partial charge in [-0.3, -0.25) is 0 Å². The molecule has 0 heterocycles. The number of benzene rings is 3. The standard InChI is InChI=1S/C24H21BCl6/c1-4-16-19(7-13(26)10-22(16)29)25(20-8-14(27)11-23(30)17(20)5-2)21-9-15(28)12-24(31)18(21)6-3/h7-12H,4-6H2,1-3H3. The lowest BCUT2D eigenvalue weighted by molar-refractivity contribution is 1.14. The first kappa shape index (κ1) is 25.1. The average molecular weight is 533 g/mol. The highest BCUT2D eigenvalue weighted by Crippen LogP contribution is 2.26. The Balaban J connectivity index is 2.50. The Morgan fingerprint density at radius 3 is 0.968 bits per heavy atom. The highest BCUT2D eigenvalue weighted by atomic mass is 35.5. The Kier molecular flexibility index (Phi) is 8.58. The van der Waals surface area contributed by atoms with E-state index in [1.165, 1.54) is 0 Å². The quantitative estimate of drug-likeness (QED) is 0.284. The molecular formula is C24H21BCl6. The molecule has 0 nitrogen and oxygen atoms in total. The molecule has 7 heteroatoms. The van der Waals surface area contributed by atoms with Gasteiger partial charge in [0.2, 0.25) is 6.71 Å². The fourth-order valence-electron chi connectivity index (χ4n) is 4.26. The van der Waals surface area contributed by atoms with Crippen LogP contribution in [0.2, 0.25) is 30.1 Å². The van der Waals surface area contributed by atoms with Gasteiger partial charge in [0.25, 0.3) is 0 Å². The van der Waals surface area contributed by atoms with E-state index in [1.54, 1.807) is 18.2 Å². The molecule has 3 aromatic rings. The predicted molar refractivity (Wildman–Crippen MR) is 142 cm³/mol. The molecule has 0 spiro atoms. The highest BCUT2D eigenvalue weighted by Gasteiger charge is 2.31. The van der Waals surface area contributed by atoms with Crippen molar-refractivity contribution in [3.63, 3.8) is 0 Å². The number of rotatable bonds is 6. The van der Waals surface area contributed by atoms with Gasteiger partial charge in [0.05, 0.1) is 0 Å². The smallest absolute Gasteiger partial charge is 0.0843 e. The van der Waals surface area contributed by atoms with Gasteiger partial charge in [-0.15, -0.1) is 0 Å². The number of halogens is 6. The fourth-order valence-corrected chi connectivity index (χ4v) is 6.19. The van der Waals surface area contributed by atoms with Gasteiger partial charge in [-0.1, -0.05) is 107 Å². The maximum absolute atomic E-state index is 6.64. The molecule has 3 rings (SSSR count). The maximum atomic E-state index is 6.64. The van der Waals surface area contributed by atoms with E-state index < -0.39 is 0 Å². The molecule has 0 aromatic heterocycles. The van der Waals surface area contributed by atoms with Crippen LogP contribution in [0.1, 0.15) is 37.5 Å². The van der Waals surface area contributed by atoms with Gasteiger partial charge in [-0.05, 0) is 72.4 Å². The molecule has 31 heavy (non-hydrogen) atoms. The summed E-state index contributed by atoms with van der Waals surface area (Å²) in [5, 5.41) is 3.60. The zero-order chi connectivity index (χ0) is 22.9. The molecule has 0 fully saturated rings. The van der Waals surface area contributed by atoms with E-state index in [2.05, 4.69) is 20.8 Å². The van der Waals surface area contributed by atoms with E-state index in [9.17, 15) is 0 Å². The van der Waals surface area contributed by atoms with Crippen LogP contribution in [0.5, 0.6) is 0 Å². The summed E-state index contributed by atoms with van der Waals surface area (Å²) < 4.78 is 0. The maximum Gasteiger partial charge on any atom is 0.242 e. The largest absolute Gasteiger partial charge is 0.242 e. The summed E-state index contributed by atoms with van der Waals surface area (Å²) in [6.07, 6.45) is 2.23. The van der Waals surface area contributed by atoms with Crippen molar-refractivity contribution in [1.82, 2.24) is 0 Å². The third-order valence-electron chi connectivity index (χ3n) is 5.58. The average Bonchev–Trinajstić information content (AvgIpc) is 2.67.